The SMILES string of the molecule is COc1ccc(Cl)cc1C(=O)Oc1c(Br)cc(Br)cc1C=NNC(=O)c1[nH]c2c(C#N)cccc2c1-c1ccccc1Cl. The summed E-state index contributed by atoms with van der Waals surface area (Å²) in [5.74, 6) is -0.856. The first kappa shape index (κ1) is 30.3. The third-order valence-corrected chi connectivity index (χ3v) is 7.92. The fourth-order valence-corrected chi connectivity index (χ4v) is 6.15. The molecule has 0 saturated carbocycles. The van der Waals surface area contributed by atoms with Crippen molar-refractivity contribution in [1.82, 2.24) is 10.4 Å². The Bertz CT molecular complexity index is 1990. The van der Waals surface area contributed by atoms with Crippen LogP contribution < -0.4 is 14.9 Å². The second kappa shape index (κ2) is 13.0. The molecule has 0 bridgehead atoms. The molecule has 4 aromatic carbocycles. The van der Waals surface area contributed by atoms with Gasteiger partial charge in [0.05, 0.1) is 28.9 Å². The minimum Gasteiger partial charge on any atom is -0.496 e. The average Bonchev–Trinajstić information content (AvgIpc) is 3.38. The lowest BCUT2D eigenvalue weighted by Crippen LogP contribution is -2.19. The van der Waals surface area contributed by atoms with E-state index in [9.17, 15) is 14.9 Å². The average molecular weight is 741 g/mol. The number of para-hydroxylation sites is 1. The van der Waals surface area contributed by atoms with Crippen molar-refractivity contribution >= 4 is 84.1 Å². The van der Waals surface area contributed by atoms with Crippen molar-refractivity contribution in [2.24, 2.45) is 5.10 Å². The van der Waals surface area contributed by atoms with Crippen molar-refractivity contribution in [1.29, 1.82) is 5.26 Å². The fourth-order valence-electron chi connectivity index (χ4n) is 4.41. The lowest BCUT2D eigenvalue weighted by Gasteiger charge is -2.12. The Morgan fingerprint density at radius 1 is 1.05 bits per heavy atom. The Labute approximate surface area is 272 Å². The Balaban J connectivity index is 1.48. The van der Waals surface area contributed by atoms with Gasteiger partial charge in [0.2, 0.25) is 0 Å². The van der Waals surface area contributed by atoms with Crippen LogP contribution in [0.5, 0.6) is 11.5 Å². The highest BCUT2D eigenvalue weighted by molar-refractivity contribution is 9.11. The number of carbonyl (C=O) groups excluding carboxylic acids is 2. The number of rotatable bonds is 7. The highest BCUT2D eigenvalue weighted by Crippen LogP contribution is 2.38. The van der Waals surface area contributed by atoms with E-state index in [4.69, 9.17) is 32.7 Å². The zero-order chi connectivity index (χ0) is 30.7. The number of halogens is 4. The Morgan fingerprint density at radius 3 is 2.58 bits per heavy atom. The molecule has 1 aromatic heterocycles. The van der Waals surface area contributed by atoms with Gasteiger partial charge in [-0.05, 0) is 58.4 Å². The zero-order valence-corrected chi connectivity index (χ0v) is 26.7. The number of carbonyl (C=O) groups is 2. The highest BCUT2D eigenvalue weighted by atomic mass is 79.9. The molecule has 12 heteroatoms. The molecule has 0 atom stereocenters. The molecule has 0 radical (unpaired) electrons. The van der Waals surface area contributed by atoms with Crippen LogP contribution in [0.15, 0.2) is 86.8 Å². The number of fused-ring (bicyclic) bond motifs is 1. The second-order valence-electron chi connectivity index (χ2n) is 8.93. The van der Waals surface area contributed by atoms with Crippen LogP contribution in [0.1, 0.15) is 32.0 Å². The predicted octanol–water partition coefficient (Wildman–Crippen LogP) is 8.53. The summed E-state index contributed by atoms with van der Waals surface area (Å²) in [6, 6.07) is 22.4. The number of aromatic amines is 1. The van der Waals surface area contributed by atoms with E-state index in [-0.39, 0.29) is 22.8 Å². The van der Waals surface area contributed by atoms with Gasteiger partial charge in [0.1, 0.15) is 23.1 Å². The van der Waals surface area contributed by atoms with Crippen molar-refractivity contribution < 1.29 is 19.1 Å². The first-order valence-corrected chi connectivity index (χ1v) is 14.7. The van der Waals surface area contributed by atoms with Crippen molar-refractivity contribution in [2.45, 2.75) is 0 Å². The van der Waals surface area contributed by atoms with Crippen LogP contribution in [-0.4, -0.2) is 30.2 Å². The van der Waals surface area contributed by atoms with E-state index in [2.05, 4.69) is 53.4 Å². The normalized spacial score (nSPS) is 11.0. The van der Waals surface area contributed by atoms with Gasteiger partial charge in [-0.1, -0.05) is 69.5 Å². The lowest BCUT2D eigenvalue weighted by atomic mass is 10.0. The largest absolute Gasteiger partial charge is 0.496 e. The Morgan fingerprint density at radius 2 is 1.84 bits per heavy atom. The molecule has 0 fully saturated rings. The van der Waals surface area contributed by atoms with E-state index in [1.165, 1.54) is 19.4 Å². The number of nitrogens with one attached hydrogen (secondary N) is 2. The number of H-pyrrole nitrogens is 1. The van der Waals surface area contributed by atoms with E-state index in [1.54, 1.807) is 66.7 Å². The van der Waals surface area contributed by atoms with Crippen LogP contribution in [0.25, 0.3) is 22.0 Å². The van der Waals surface area contributed by atoms with Crippen LogP contribution in [0, 0.1) is 11.3 Å². The van der Waals surface area contributed by atoms with E-state index in [0.29, 0.717) is 52.1 Å². The number of methoxy groups -OCH3 is 1. The summed E-state index contributed by atoms with van der Waals surface area (Å²) < 4.78 is 12.1. The van der Waals surface area contributed by atoms with E-state index < -0.39 is 11.9 Å². The second-order valence-corrected chi connectivity index (χ2v) is 11.5. The summed E-state index contributed by atoms with van der Waals surface area (Å²) >= 11 is 19.4. The Hall–Kier alpha value is -4.14. The van der Waals surface area contributed by atoms with Crippen LogP contribution in [-0.2, 0) is 0 Å². The molecule has 8 nitrogen and oxygen atoms in total. The molecule has 0 saturated heterocycles. The molecule has 43 heavy (non-hydrogen) atoms. The quantitative estimate of drug-likeness (QED) is 0.0751. The molecular formula is C31H18Br2Cl2N4O4. The molecular weight excluding hydrogens is 723 g/mol. The number of ether oxygens (including phenoxy) is 2. The third-order valence-electron chi connectivity index (χ3n) is 6.31. The van der Waals surface area contributed by atoms with Gasteiger partial charge < -0.3 is 14.5 Å². The van der Waals surface area contributed by atoms with Gasteiger partial charge in [0, 0.05) is 36.6 Å². The minimum atomic E-state index is -0.711. The number of hydrogen-bond acceptors (Lipinski definition) is 6. The fraction of sp³-hybridized carbons (Fsp3) is 0.0323. The molecule has 0 aliphatic heterocycles. The molecule has 5 rings (SSSR count). The van der Waals surface area contributed by atoms with E-state index >= 15 is 0 Å². The maximum absolute atomic E-state index is 13.5. The van der Waals surface area contributed by atoms with E-state index in [0.717, 1.165) is 0 Å². The lowest BCUT2D eigenvalue weighted by molar-refractivity contribution is 0.0729. The molecule has 1 amide bonds. The van der Waals surface area contributed by atoms with Crippen molar-refractivity contribution in [2.75, 3.05) is 7.11 Å². The van der Waals surface area contributed by atoms with Gasteiger partial charge in [0.25, 0.3) is 5.91 Å². The monoisotopic (exact) mass is 738 g/mol. The summed E-state index contributed by atoms with van der Waals surface area (Å²) in [6.07, 6.45) is 1.34. The number of aromatic nitrogens is 1. The van der Waals surface area contributed by atoms with Crippen LogP contribution in [0.3, 0.4) is 0 Å². The first-order valence-electron chi connectivity index (χ1n) is 12.4. The highest BCUT2D eigenvalue weighted by Gasteiger charge is 2.23. The third kappa shape index (κ3) is 6.31. The number of nitriles is 1. The molecule has 0 unspecified atom stereocenters. The maximum atomic E-state index is 13.5. The summed E-state index contributed by atoms with van der Waals surface area (Å²) in [4.78, 5) is 29.6. The molecule has 1 heterocycles. The number of esters is 1. The number of hydrazone groups is 1. The van der Waals surface area contributed by atoms with E-state index in [1.807, 2.05) is 0 Å². The topological polar surface area (TPSA) is 117 Å². The smallest absolute Gasteiger partial charge is 0.347 e. The predicted molar refractivity (Wildman–Crippen MR) is 173 cm³/mol. The Kier molecular flexibility index (Phi) is 9.18. The van der Waals surface area contributed by atoms with Crippen LogP contribution in [0.2, 0.25) is 10.0 Å². The molecule has 214 valence electrons. The summed E-state index contributed by atoms with van der Waals surface area (Å²) in [7, 11) is 1.43. The van der Waals surface area contributed by atoms with Crippen molar-refractivity contribution in [3.8, 4) is 28.7 Å². The van der Waals surface area contributed by atoms with Gasteiger partial charge >= 0.3 is 5.97 Å². The minimum absolute atomic E-state index is 0.128. The van der Waals surface area contributed by atoms with Crippen molar-refractivity contribution in [3.05, 3.63) is 114 Å². The zero-order valence-electron chi connectivity index (χ0n) is 22.0. The first-order chi connectivity index (χ1) is 20.7. The molecule has 0 aliphatic carbocycles. The van der Waals surface area contributed by atoms with Gasteiger partial charge in [-0.3, -0.25) is 4.79 Å². The number of amides is 1. The number of benzene rings is 4. The van der Waals surface area contributed by atoms with Gasteiger partial charge in [-0.2, -0.15) is 10.4 Å². The van der Waals surface area contributed by atoms with Gasteiger partial charge in [-0.15, -0.1) is 0 Å². The van der Waals surface area contributed by atoms with Crippen molar-refractivity contribution in [3.63, 3.8) is 0 Å². The maximum Gasteiger partial charge on any atom is 0.347 e. The molecule has 0 aliphatic rings. The summed E-state index contributed by atoms with van der Waals surface area (Å²) in [5.41, 5.74) is 5.18. The van der Waals surface area contributed by atoms with Crippen LogP contribution >= 0.6 is 55.1 Å². The number of nitrogens with zero attached hydrogens (tertiary/aromatic N) is 2. The van der Waals surface area contributed by atoms with Gasteiger partial charge in [-0.25, -0.2) is 10.2 Å². The summed E-state index contributed by atoms with van der Waals surface area (Å²) in [5, 5.41) is 15.2. The molecule has 2 N–H and O–H groups in total. The summed E-state index contributed by atoms with van der Waals surface area (Å²) in [6.45, 7) is 0. The molecule has 0 spiro atoms. The van der Waals surface area contributed by atoms with Gasteiger partial charge in [0.15, 0.2) is 5.75 Å². The van der Waals surface area contributed by atoms with Crippen LogP contribution in [0.4, 0.5) is 0 Å². The number of hydrogen-bond donors (Lipinski definition) is 2. The molecule has 5 aromatic rings. The standard InChI is InChI=1S/C31H18Br2Cl2N4O4/c1-42-25-10-9-19(34)13-22(25)31(41)43-29-17(11-18(32)12-23(29)33)15-37-39-30(40)28-26(20-6-2-3-8-24(20)35)21-7-4-5-16(14-36)27(21)38-28/h2-13,15,38H,1H3,(H,39,40).